The highest BCUT2D eigenvalue weighted by molar-refractivity contribution is 5.91. The zero-order valence-electron chi connectivity index (χ0n) is 5.34. The van der Waals surface area contributed by atoms with Crippen molar-refractivity contribution in [1.82, 2.24) is 9.97 Å². The maximum atomic E-state index is 12.1. The Labute approximate surface area is 56.9 Å². The van der Waals surface area contributed by atoms with E-state index in [4.69, 9.17) is 0 Å². The van der Waals surface area contributed by atoms with Crippen LogP contribution in [0, 0.1) is 5.95 Å². The SMILES string of the molecule is CC(=O)c1cnc(F)cn1. The standard InChI is InChI=1S/C6H5FN2O/c1-4(10)5-2-9-6(7)3-8-5/h2-3H,1H3. The van der Waals surface area contributed by atoms with Crippen molar-refractivity contribution in [1.29, 1.82) is 0 Å². The molecular weight excluding hydrogens is 135 g/mol. The lowest BCUT2D eigenvalue weighted by atomic mass is 10.3. The van der Waals surface area contributed by atoms with Gasteiger partial charge in [-0.05, 0) is 0 Å². The number of aromatic nitrogens is 2. The van der Waals surface area contributed by atoms with Crippen LogP contribution < -0.4 is 0 Å². The molecule has 3 nitrogen and oxygen atoms in total. The van der Waals surface area contributed by atoms with Crippen molar-refractivity contribution >= 4 is 5.78 Å². The summed E-state index contributed by atoms with van der Waals surface area (Å²) in [6.07, 6.45) is 2.02. The highest BCUT2D eigenvalue weighted by atomic mass is 19.1. The molecule has 52 valence electrons. The van der Waals surface area contributed by atoms with E-state index >= 15 is 0 Å². The summed E-state index contributed by atoms with van der Waals surface area (Å²) in [5, 5.41) is 0. The van der Waals surface area contributed by atoms with Gasteiger partial charge in [0.15, 0.2) is 5.78 Å². The molecule has 0 atom stereocenters. The molecule has 0 aliphatic rings. The number of nitrogens with zero attached hydrogens (tertiary/aromatic N) is 2. The number of halogens is 1. The van der Waals surface area contributed by atoms with Crippen LogP contribution in [0.3, 0.4) is 0 Å². The molecule has 0 spiro atoms. The maximum Gasteiger partial charge on any atom is 0.231 e. The van der Waals surface area contributed by atoms with Crippen LogP contribution in [-0.2, 0) is 0 Å². The number of rotatable bonds is 1. The monoisotopic (exact) mass is 140 g/mol. The summed E-state index contributed by atoms with van der Waals surface area (Å²) in [5.74, 6) is -0.891. The Hall–Kier alpha value is -1.32. The molecule has 4 heteroatoms. The molecule has 0 fully saturated rings. The molecule has 10 heavy (non-hydrogen) atoms. The summed E-state index contributed by atoms with van der Waals surface area (Å²) in [6, 6.07) is 0. The Balaban J connectivity index is 3.00. The summed E-state index contributed by atoms with van der Waals surface area (Å²) in [7, 11) is 0. The fourth-order valence-electron chi connectivity index (χ4n) is 0.494. The van der Waals surface area contributed by atoms with Crippen molar-refractivity contribution in [3.05, 3.63) is 24.0 Å². The van der Waals surface area contributed by atoms with Crippen LogP contribution in [0.2, 0.25) is 0 Å². The van der Waals surface area contributed by atoms with Gasteiger partial charge in [0, 0.05) is 6.92 Å². The Morgan fingerprint density at radius 2 is 2.20 bits per heavy atom. The van der Waals surface area contributed by atoms with Crippen LogP contribution in [0.1, 0.15) is 17.4 Å². The van der Waals surface area contributed by atoms with Crippen molar-refractivity contribution in [2.75, 3.05) is 0 Å². The zero-order chi connectivity index (χ0) is 7.56. The first-order valence-corrected chi connectivity index (χ1v) is 2.68. The lowest BCUT2D eigenvalue weighted by molar-refractivity contribution is 0.101. The minimum absolute atomic E-state index is 0.182. The van der Waals surface area contributed by atoms with Gasteiger partial charge in [-0.25, -0.2) is 9.97 Å². The number of Topliss-reactive ketones (excluding diaryl/α,β-unsaturated/α-hetero) is 1. The minimum Gasteiger partial charge on any atom is -0.293 e. The summed E-state index contributed by atoms with van der Waals surface area (Å²) in [6.45, 7) is 1.35. The van der Waals surface area contributed by atoms with Crippen LogP contribution in [0.4, 0.5) is 4.39 Å². The molecule has 1 aromatic heterocycles. The van der Waals surface area contributed by atoms with Crippen LogP contribution in [0.25, 0.3) is 0 Å². The quantitative estimate of drug-likeness (QED) is 0.542. The third kappa shape index (κ3) is 1.34. The van der Waals surface area contributed by atoms with Gasteiger partial charge in [0.05, 0.1) is 12.4 Å². The molecule has 1 aromatic rings. The highest BCUT2D eigenvalue weighted by Gasteiger charge is 1.99. The minimum atomic E-state index is -0.676. The molecule has 0 N–H and O–H groups in total. The van der Waals surface area contributed by atoms with Gasteiger partial charge in [0.2, 0.25) is 5.95 Å². The second-order valence-corrected chi connectivity index (χ2v) is 1.78. The molecule has 0 aliphatic heterocycles. The Bertz CT molecular complexity index is 244. The predicted molar refractivity (Wildman–Crippen MR) is 32.0 cm³/mol. The average molecular weight is 140 g/mol. The van der Waals surface area contributed by atoms with Crippen molar-refractivity contribution < 1.29 is 9.18 Å². The molecular formula is C6H5FN2O. The lowest BCUT2D eigenvalue weighted by Gasteiger charge is -1.90. The first kappa shape index (κ1) is 6.80. The predicted octanol–water partition coefficient (Wildman–Crippen LogP) is 0.818. The fraction of sp³-hybridized carbons (Fsp3) is 0.167. The zero-order valence-corrected chi connectivity index (χ0v) is 5.34. The van der Waals surface area contributed by atoms with Gasteiger partial charge in [-0.15, -0.1) is 0 Å². The molecule has 1 heterocycles. The summed E-state index contributed by atoms with van der Waals surface area (Å²) < 4.78 is 12.1. The van der Waals surface area contributed by atoms with Gasteiger partial charge in [-0.2, -0.15) is 4.39 Å². The largest absolute Gasteiger partial charge is 0.293 e. The van der Waals surface area contributed by atoms with Crippen molar-refractivity contribution in [3.63, 3.8) is 0 Å². The third-order valence-electron chi connectivity index (χ3n) is 0.981. The molecule has 0 unspecified atom stereocenters. The van der Waals surface area contributed by atoms with Crippen LogP contribution in [-0.4, -0.2) is 15.8 Å². The van der Waals surface area contributed by atoms with Crippen molar-refractivity contribution in [2.24, 2.45) is 0 Å². The number of ketones is 1. The molecule has 0 saturated carbocycles. The van der Waals surface area contributed by atoms with Crippen LogP contribution in [0.15, 0.2) is 12.4 Å². The van der Waals surface area contributed by atoms with E-state index in [1.165, 1.54) is 6.92 Å². The topological polar surface area (TPSA) is 42.9 Å². The van der Waals surface area contributed by atoms with Gasteiger partial charge >= 0.3 is 0 Å². The van der Waals surface area contributed by atoms with Gasteiger partial charge in [0.1, 0.15) is 5.69 Å². The molecule has 1 rings (SSSR count). The average Bonchev–Trinajstić information content (AvgIpc) is 1.88. The normalized spacial score (nSPS) is 9.40. The summed E-state index contributed by atoms with van der Waals surface area (Å²) in [4.78, 5) is 17.3. The van der Waals surface area contributed by atoms with E-state index < -0.39 is 5.95 Å². The smallest absolute Gasteiger partial charge is 0.231 e. The number of hydrogen-bond acceptors (Lipinski definition) is 3. The molecule has 0 radical (unpaired) electrons. The Morgan fingerprint density at radius 3 is 2.60 bits per heavy atom. The van der Waals surface area contributed by atoms with E-state index in [2.05, 4.69) is 9.97 Å². The number of carbonyl (C=O) groups is 1. The highest BCUT2D eigenvalue weighted by Crippen LogP contribution is 1.93. The first-order valence-electron chi connectivity index (χ1n) is 2.68. The molecule has 0 bridgehead atoms. The molecule has 0 aromatic carbocycles. The molecule has 0 amide bonds. The molecule has 0 aliphatic carbocycles. The Kier molecular flexibility index (Phi) is 1.71. The van der Waals surface area contributed by atoms with E-state index in [1.54, 1.807) is 0 Å². The van der Waals surface area contributed by atoms with E-state index in [1.807, 2.05) is 0 Å². The summed E-state index contributed by atoms with van der Waals surface area (Å²) >= 11 is 0. The van der Waals surface area contributed by atoms with Gasteiger partial charge in [0.25, 0.3) is 0 Å². The van der Waals surface area contributed by atoms with E-state index in [0.717, 1.165) is 12.4 Å². The van der Waals surface area contributed by atoms with Gasteiger partial charge in [-0.3, -0.25) is 4.79 Å². The van der Waals surface area contributed by atoms with E-state index in [-0.39, 0.29) is 11.5 Å². The lowest BCUT2D eigenvalue weighted by Crippen LogP contribution is -1.97. The van der Waals surface area contributed by atoms with Gasteiger partial charge < -0.3 is 0 Å². The number of hydrogen-bond donors (Lipinski definition) is 0. The van der Waals surface area contributed by atoms with Crippen molar-refractivity contribution in [3.8, 4) is 0 Å². The van der Waals surface area contributed by atoms with Crippen LogP contribution >= 0.6 is 0 Å². The molecule has 0 saturated heterocycles. The summed E-state index contributed by atoms with van der Waals surface area (Å²) in [5.41, 5.74) is 0.182. The van der Waals surface area contributed by atoms with E-state index in [0.29, 0.717) is 0 Å². The van der Waals surface area contributed by atoms with Crippen LogP contribution in [0.5, 0.6) is 0 Å². The number of carbonyl (C=O) groups excluding carboxylic acids is 1. The first-order chi connectivity index (χ1) is 4.70. The second-order valence-electron chi connectivity index (χ2n) is 1.78. The second kappa shape index (κ2) is 2.51. The van der Waals surface area contributed by atoms with Gasteiger partial charge in [-0.1, -0.05) is 0 Å². The van der Waals surface area contributed by atoms with Crippen molar-refractivity contribution in [2.45, 2.75) is 6.92 Å². The van der Waals surface area contributed by atoms with E-state index in [9.17, 15) is 9.18 Å². The fourth-order valence-corrected chi connectivity index (χ4v) is 0.494. The maximum absolute atomic E-state index is 12.1. The Morgan fingerprint density at radius 1 is 1.50 bits per heavy atom. The third-order valence-corrected chi connectivity index (χ3v) is 0.981.